The number of hydrogen-bond acceptors (Lipinski definition) is 1. The van der Waals surface area contributed by atoms with Crippen molar-refractivity contribution in [1.82, 2.24) is 0 Å². The summed E-state index contributed by atoms with van der Waals surface area (Å²) in [7, 11) is 0. The lowest BCUT2D eigenvalue weighted by atomic mass is 10.3. The minimum absolute atomic E-state index is 0.0770. The van der Waals surface area contributed by atoms with Gasteiger partial charge in [0.15, 0.2) is 0 Å². The number of rotatable bonds is 2. The molecule has 0 fully saturated rings. The van der Waals surface area contributed by atoms with E-state index in [2.05, 4.69) is 21.2 Å². The molecule has 0 atom stereocenters. The highest BCUT2D eigenvalue weighted by molar-refractivity contribution is 9.10. The fourth-order valence-electron chi connectivity index (χ4n) is 0.774. The van der Waals surface area contributed by atoms with Gasteiger partial charge >= 0.3 is 0 Å². The van der Waals surface area contributed by atoms with Crippen LogP contribution in [0.25, 0.3) is 0 Å². The number of hydrogen-bond donors (Lipinski definition) is 1. The standard InChI is InChI=1S/C8H6BrCl2NO/c9-5-1-2-7(6(11)3-5)12-8(13)4-10/h1-3H,4H2,(H,12,13). The van der Waals surface area contributed by atoms with Gasteiger partial charge in [-0.05, 0) is 18.2 Å². The van der Waals surface area contributed by atoms with Crippen LogP contribution in [0.2, 0.25) is 5.02 Å². The Morgan fingerprint density at radius 1 is 1.54 bits per heavy atom. The van der Waals surface area contributed by atoms with Crippen LogP contribution in [0.1, 0.15) is 0 Å². The molecule has 1 aromatic carbocycles. The molecule has 0 spiro atoms. The minimum atomic E-state index is -0.272. The lowest BCUT2D eigenvalue weighted by Gasteiger charge is -2.04. The van der Waals surface area contributed by atoms with Crippen molar-refractivity contribution in [3.05, 3.63) is 27.7 Å². The average Bonchev–Trinajstić information content (AvgIpc) is 2.09. The summed E-state index contributed by atoms with van der Waals surface area (Å²) in [5.41, 5.74) is 0.565. The molecule has 5 heteroatoms. The molecule has 0 aliphatic heterocycles. The first kappa shape index (κ1) is 10.8. The highest BCUT2D eigenvalue weighted by Gasteiger charge is 2.04. The third kappa shape index (κ3) is 3.18. The zero-order valence-corrected chi connectivity index (χ0v) is 9.58. The van der Waals surface area contributed by atoms with Gasteiger partial charge < -0.3 is 5.32 Å². The first-order valence-corrected chi connectivity index (χ1v) is 5.15. The lowest BCUT2D eigenvalue weighted by Crippen LogP contribution is -2.12. The van der Waals surface area contributed by atoms with Crippen LogP contribution in [-0.2, 0) is 4.79 Å². The van der Waals surface area contributed by atoms with Crippen molar-refractivity contribution in [2.45, 2.75) is 0 Å². The summed E-state index contributed by atoms with van der Waals surface area (Å²) >= 11 is 14.4. The summed E-state index contributed by atoms with van der Waals surface area (Å²) in [6.45, 7) is 0. The number of anilines is 1. The summed E-state index contributed by atoms with van der Waals surface area (Å²) in [5, 5.41) is 3.04. The number of nitrogens with one attached hydrogen (secondary N) is 1. The summed E-state index contributed by atoms with van der Waals surface area (Å²) in [5.74, 6) is -0.349. The second-order valence-electron chi connectivity index (χ2n) is 2.31. The summed E-state index contributed by atoms with van der Waals surface area (Å²) in [6, 6.07) is 5.19. The van der Waals surface area contributed by atoms with Crippen molar-refractivity contribution >= 4 is 50.7 Å². The van der Waals surface area contributed by atoms with E-state index in [-0.39, 0.29) is 11.8 Å². The van der Waals surface area contributed by atoms with E-state index in [4.69, 9.17) is 23.2 Å². The molecule has 0 aliphatic carbocycles. The van der Waals surface area contributed by atoms with Crippen LogP contribution in [0.3, 0.4) is 0 Å². The maximum absolute atomic E-state index is 10.9. The molecular formula is C8H6BrCl2NO. The predicted molar refractivity (Wildman–Crippen MR) is 58.5 cm³/mol. The van der Waals surface area contributed by atoms with Crippen LogP contribution < -0.4 is 5.32 Å². The Bertz CT molecular complexity index is 330. The molecule has 0 aromatic heterocycles. The lowest BCUT2D eigenvalue weighted by molar-refractivity contribution is -0.113. The Labute approximate surface area is 94.3 Å². The van der Waals surface area contributed by atoms with Gasteiger partial charge in [0, 0.05) is 4.47 Å². The zero-order valence-electron chi connectivity index (χ0n) is 6.48. The highest BCUT2D eigenvalue weighted by atomic mass is 79.9. The van der Waals surface area contributed by atoms with Gasteiger partial charge in [-0.2, -0.15) is 0 Å². The fraction of sp³-hybridized carbons (Fsp3) is 0.125. The first-order valence-electron chi connectivity index (χ1n) is 3.44. The molecule has 0 bridgehead atoms. The van der Waals surface area contributed by atoms with Gasteiger partial charge in [0.2, 0.25) is 5.91 Å². The van der Waals surface area contributed by atoms with E-state index in [1.165, 1.54) is 0 Å². The van der Waals surface area contributed by atoms with Gasteiger partial charge in [-0.1, -0.05) is 27.5 Å². The van der Waals surface area contributed by atoms with Gasteiger partial charge in [0.25, 0.3) is 0 Å². The SMILES string of the molecule is O=C(CCl)Nc1ccc(Br)cc1Cl. The molecular weight excluding hydrogens is 277 g/mol. The molecule has 0 radical (unpaired) electrons. The van der Waals surface area contributed by atoms with Gasteiger partial charge in [-0.25, -0.2) is 0 Å². The Kier molecular flexibility index (Phi) is 4.03. The number of alkyl halides is 1. The van der Waals surface area contributed by atoms with Gasteiger partial charge in [-0.3, -0.25) is 4.79 Å². The Morgan fingerprint density at radius 3 is 2.77 bits per heavy atom. The molecule has 2 nitrogen and oxygen atoms in total. The van der Waals surface area contributed by atoms with Gasteiger partial charge in [0.05, 0.1) is 10.7 Å². The predicted octanol–water partition coefficient (Wildman–Crippen LogP) is 3.28. The average molecular weight is 283 g/mol. The van der Waals surface area contributed by atoms with E-state index < -0.39 is 0 Å². The summed E-state index contributed by atoms with van der Waals surface area (Å²) < 4.78 is 0.862. The van der Waals surface area contributed by atoms with Crippen molar-refractivity contribution in [1.29, 1.82) is 0 Å². The molecule has 0 unspecified atom stereocenters. The first-order chi connectivity index (χ1) is 6.13. The second kappa shape index (κ2) is 4.84. The second-order valence-corrected chi connectivity index (χ2v) is 3.90. The van der Waals surface area contributed by atoms with E-state index in [9.17, 15) is 4.79 Å². The smallest absolute Gasteiger partial charge is 0.239 e. The largest absolute Gasteiger partial charge is 0.324 e. The van der Waals surface area contributed by atoms with Crippen LogP contribution >= 0.6 is 39.1 Å². The van der Waals surface area contributed by atoms with E-state index >= 15 is 0 Å². The molecule has 70 valence electrons. The number of carbonyl (C=O) groups is 1. The molecule has 0 saturated carbocycles. The van der Waals surface area contributed by atoms with Crippen LogP contribution in [0.15, 0.2) is 22.7 Å². The van der Waals surface area contributed by atoms with Crippen molar-refractivity contribution in [2.75, 3.05) is 11.2 Å². The van der Waals surface area contributed by atoms with E-state index in [1.54, 1.807) is 18.2 Å². The number of amides is 1. The maximum Gasteiger partial charge on any atom is 0.239 e. The number of halogens is 3. The Hall–Kier alpha value is -0.250. The molecule has 1 amide bonds. The molecule has 1 rings (SSSR count). The Balaban J connectivity index is 2.83. The van der Waals surface area contributed by atoms with E-state index in [1.807, 2.05) is 0 Å². The summed E-state index contributed by atoms with van der Waals surface area (Å²) in [6.07, 6.45) is 0. The van der Waals surface area contributed by atoms with Crippen LogP contribution in [0.5, 0.6) is 0 Å². The van der Waals surface area contributed by atoms with Crippen molar-refractivity contribution in [3.63, 3.8) is 0 Å². The molecule has 0 saturated heterocycles. The van der Waals surface area contributed by atoms with Crippen molar-refractivity contribution < 1.29 is 4.79 Å². The van der Waals surface area contributed by atoms with Gasteiger partial charge in [-0.15, -0.1) is 11.6 Å². The zero-order chi connectivity index (χ0) is 9.84. The van der Waals surface area contributed by atoms with Crippen LogP contribution in [0, 0.1) is 0 Å². The normalized spacial score (nSPS) is 9.77. The minimum Gasteiger partial charge on any atom is -0.324 e. The molecule has 1 aromatic rings. The third-order valence-electron chi connectivity index (χ3n) is 1.33. The van der Waals surface area contributed by atoms with Crippen LogP contribution in [0.4, 0.5) is 5.69 Å². The molecule has 0 heterocycles. The Morgan fingerprint density at radius 2 is 2.23 bits per heavy atom. The van der Waals surface area contributed by atoms with Gasteiger partial charge in [0.1, 0.15) is 5.88 Å². The van der Waals surface area contributed by atoms with E-state index in [0.29, 0.717) is 10.7 Å². The molecule has 0 aliphatic rings. The quantitative estimate of drug-likeness (QED) is 0.829. The third-order valence-corrected chi connectivity index (χ3v) is 2.38. The molecule has 1 N–H and O–H groups in total. The topological polar surface area (TPSA) is 29.1 Å². The fourth-order valence-corrected chi connectivity index (χ4v) is 1.56. The number of benzene rings is 1. The maximum atomic E-state index is 10.9. The summed E-state index contributed by atoms with van der Waals surface area (Å²) in [4.78, 5) is 10.9. The number of carbonyl (C=O) groups excluding carboxylic acids is 1. The monoisotopic (exact) mass is 281 g/mol. The van der Waals surface area contributed by atoms with E-state index in [0.717, 1.165) is 4.47 Å². The highest BCUT2D eigenvalue weighted by Crippen LogP contribution is 2.25. The van der Waals surface area contributed by atoms with Crippen LogP contribution in [-0.4, -0.2) is 11.8 Å². The molecule has 13 heavy (non-hydrogen) atoms. The van der Waals surface area contributed by atoms with Crippen molar-refractivity contribution in [2.24, 2.45) is 0 Å². The van der Waals surface area contributed by atoms with Crippen molar-refractivity contribution in [3.8, 4) is 0 Å².